The summed E-state index contributed by atoms with van der Waals surface area (Å²) in [5.41, 5.74) is -0.653. The molecule has 130 valence electrons. The smallest absolute Gasteiger partial charge is 0.407 e. The normalized spacial score (nSPS) is 11.9. The number of alkyl carbamates (subject to hydrolysis) is 1. The van der Waals surface area contributed by atoms with Gasteiger partial charge in [-0.2, -0.15) is 13.2 Å². The quantitative estimate of drug-likeness (QED) is 0.782. The summed E-state index contributed by atoms with van der Waals surface area (Å²) in [6, 6.07) is 1.26. The molecule has 1 aromatic rings. The fraction of sp³-hybridized carbons (Fsp3) is 0.643. The summed E-state index contributed by atoms with van der Waals surface area (Å²) in [5.74, 6) is 0.316. The molecule has 0 aliphatic carbocycles. The Hall–Kier alpha value is -2.06. The summed E-state index contributed by atoms with van der Waals surface area (Å²) >= 11 is 0. The summed E-state index contributed by atoms with van der Waals surface area (Å²) in [6.45, 7) is 6.12. The third-order valence-electron chi connectivity index (χ3n) is 2.43. The highest BCUT2D eigenvalue weighted by Gasteiger charge is 2.28. The second-order valence-electron chi connectivity index (χ2n) is 5.90. The molecule has 0 spiro atoms. The maximum atomic E-state index is 12.3. The number of nitrogens with zero attached hydrogens (tertiary/aromatic N) is 2. The predicted octanol–water partition coefficient (Wildman–Crippen LogP) is 2.91. The van der Waals surface area contributed by atoms with Gasteiger partial charge in [0, 0.05) is 19.2 Å². The molecule has 1 aromatic heterocycles. The van der Waals surface area contributed by atoms with Crippen LogP contribution in [0.2, 0.25) is 0 Å². The topological polar surface area (TPSA) is 76.1 Å². The van der Waals surface area contributed by atoms with Crippen LogP contribution in [0.3, 0.4) is 0 Å². The first-order valence-electron chi connectivity index (χ1n) is 7.13. The molecule has 0 fully saturated rings. The summed E-state index contributed by atoms with van der Waals surface area (Å²) in [4.78, 5) is 18.8. The Bertz CT molecular complexity index is 515. The van der Waals surface area contributed by atoms with Crippen molar-refractivity contribution >= 4 is 11.9 Å². The van der Waals surface area contributed by atoms with Crippen molar-refractivity contribution in [2.24, 2.45) is 0 Å². The van der Waals surface area contributed by atoms with Crippen LogP contribution in [0.1, 0.15) is 32.9 Å². The number of anilines is 1. The van der Waals surface area contributed by atoms with E-state index >= 15 is 0 Å². The minimum absolute atomic E-state index is 0.0955. The summed E-state index contributed by atoms with van der Waals surface area (Å²) in [6.07, 6.45) is -4.25. The van der Waals surface area contributed by atoms with Gasteiger partial charge >= 0.3 is 12.3 Å². The minimum atomic E-state index is -4.30. The van der Waals surface area contributed by atoms with Crippen LogP contribution in [0.25, 0.3) is 0 Å². The van der Waals surface area contributed by atoms with Gasteiger partial charge < -0.3 is 15.4 Å². The van der Waals surface area contributed by atoms with Gasteiger partial charge in [-0.25, -0.2) is 14.8 Å². The van der Waals surface area contributed by atoms with Gasteiger partial charge in [-0.3, -0.25) is 0 Å². The van der Waals surface area contributed by atoms with Crippen molar-refractivity contribution in [3.8, 4) is 0 Å². The highest BCUT2D eigenvalue weighted by Crippen LogP contribution is 2.20. The molecule has 0 atom stereocenters. The molecular formula is C14H21F3N4O2. The molecule has 0 aliphatic heterocycles. The molecule has 23 heavy (non-hydrogen) atoms. The SMILES string of the molecule is CC(C)(C)OC(=O)NCCCNc1cc(CC(F)(F)F)ncn1. The number of amides is 1. The van der Waals surface area contributed by atoms with Crippen LogP contribution in [-0.4, -0.2) is 40.9 Å². The number of hydrogen-bond acceptors (Lipinski definition) is 5. The molecule has 6 nitrogen and oxygen atoms in total. The third-order valence-corrected chi connectivity index (χ3v) is 2.43. The van der Waals surface area contributed by atoms with Crippen LogP contribution in [0.15, 0.2) is 12.4 Å². The molecule has 0 saturated heterocycles. The number of rotatable bonds is 6. The minimum Gasteiger partial charge on any atom is -0.444 e. The van der Waals surface area contributed by atoms with E-state index in [4.69, 9.17) is 4.74 Å². The van der Waals surface area contributed by atoms with Crippen LogP contribution in [-0.2, 0) is 11.2 Å². The number of alkyl halides is 3. The van der Waals surface area contributed by atoms with Crippen LogP contribution in [0.4, 0.5) is 23.8 Å². The Morgan fingerprint density at radius 3 is 2.52 bits per heavy atom. The summed E-state index contributed by atoms with van der Waals surface area (Å²) in [5, 5.41) is 5.47. The van der Waals surface area contributed by atoms with Crippen molar-refractivity contribution < 1.29 is 22.7 Å². The first-order valence-corrected chi connectivity index (χ1v) is 7.13. The lowest BCUT2D eigenvalue weighted by Crippen LogP contribution is -2.33. The lowest BCUT2D eigenvalue weighted by Gasteiger charge is -2.19. The Balaban J connectivity index is 2.28. The van der Waals surface area contributed by atoms with Crippen molar-refractivity contribution in [2.75, 3.05) is 18.4 Å². The van der Waals surface area contributed by atoms with Gasteiger partial charge in [0.05, 0.1) is 12.1 Å². The van der Waals surface area contributed by atoms with Crippen molar-refractivity contribution in [2.45, 2.75) is 45.4 Å². The van der Waals surface area contributed by atoms with E-state index in [9.17, 15) is 18.0 Å². The largest absolute Gasteiger partial charge is 0.444 e. The van der Waals surface area contributed by atoms with Crippen molar-refractivity contribution in [1.82, 2.24) is 15.3 Å². The lowest BCUT2D eigenvalue weighted by molar-refractivity contribution is -0.127. The van der Waals surface area contributed by atoms with Crippen LogP contribution in [0, 0.1) is 0 Å². The predicted molar refractivity (Wildman–Crippen MR) is 79.1 cm³/mol. The fourth-order valence-corrected chi connectivity index (χ4v) is 1.61. The molecule has 0 saturated carbocycles. The van der Waals surface area contributed by atoms with Gasteiger partial charge in [-0.05, 0) is 27.2 Å². The number of aromatic nitrogens is 2. The van der Waals surface area contributed by atoms with Gasteiger partial charge in [-0.1, -0.05) is 0 Å². The Morgan fingerprint density at radius 2 is 1.91 bits per heavy atom. The molecule has 0 radical (unpaired) electrons. The van der Waals surface area contributed by atoms with Crippen molar-refractivity contribution in [1.29, 1.82) is 0 Å². The van der Waals surface area contributed by atoms with E-state index in [1.54, 1.807) is 20.8 Å². The van der Waals surface area contributed by atoms with E-state index in [1.807, 2.05) is 0 Å². The molecule has 1 amide bonds. The number of ether oxygens (including phenoxy) is 1. The zero-order valence-electron chi connectivity index (χ0n) is 13.3. The molecule has 0 aliphatic rings. The molecule has 9 heteroatoms. The molecule has 0 bridgehead atoms. The summed E-state index contributed by atoms with van der Waals surface area (Å²) in [7, 11) is 0. The van der Waals surface area contributed by atoms with E-state index in [1.165, 1.54) is 6.07 Å². The van der Waals surface area contributed by atoms with Crippen molar-refractivity contribution in [3.63, 3.8) is 0 Å². The Morgan fingerprint density at radius 1 is 1.22 bits per heavy atom. The molecule has 1 rings (SSSR count). The Kier molecular flexibility index (Phi) is 6.59. The van der Waals surface area contributed by atoms with E-state index in [0.717, 1.165) is 6.33 Å². The molecule has 2 N–H and O–H groups in total. The fourth-order valence-electron chi connectivity index (χ4n) is 1.61. The van der Waals surface area contributed by atoms with Gasteiger partial charge in [0.25, 0.3) is 0 Å². The average Bonchev–Trinajstić information content (AvgIpc) is 2.34. The molecule has 0 unspecified atom stereocenters. The third kappa shape index (κ3) is 9.54. The number of hydrogen-bond donors (Lipinski definition) is 2. The first-order chi connectivity index (χ1) is 10.6. The second kappa shape index (κ2) is 7.98. The van der Waals surface area contributed by atoms with E-state index in [0.29, 0.717) is 25.3 Å². The highest BCUT2D eigenvalue weighted by molar-refractivity contribution is 5.67. The van der Waals surface area contributed by atoms with E-state index in [-0.39, 0.29) is 5.69 Å². The zero-order valence-corrected chi connectivity index (χ0v) is 13.3. The highest BCUT2D eigenvalue weighted by atomic mass is 19.4. The monoisotopic (exact) mass is 334 g/mol. The van der Waals surface area contributed by atoms with E-state index < -0.39 is 24.3 Å². The molecular weight excluding hydrogens is 313 g/mol. The number of carbonyl (C=O) groups is 1. The van der Waals surface area contributed by atoms with Crippen LogP contribution < -0.4 is 10.6 Å². The Labute approximate surface area is 132 Å². The van der Waals surface area contributed by atoms with Gasteiger partial charge in [0.1, 0.15) is 17.7 Å². The standard InChI is InChI=1S/C14H21F3N4O2/c1-13(2,3)23-12(22)19-6-4-5-18-11-7-10(20-9-21-11)8-14(15,16)17/h7,9H,4-6,8H2,1-3H3,(H,19,22)(H,18,20,21). The number of carbonyl (C=O) groups excluding carboxylic acids is 1. The van der Waals surface area contributed by atoms with Crippen molar-refractivity contribution in [3.05, 3.63) is 18.1 Å². The lowest BCUT2D eigenvalue weighted by atomic mass is 10.2. The van der Waals surface area contributed by atoms with Gasteiger partial charge in [0.15, 0.2) is 0 Å². The van der Waals surface area contributed by atoms with Crippen LogP contribution in [0.5, 0.6) is 0 Å². The number of halogens is 3. The first kappa shape index (κ1) is 19.0. The maximum Gasteiger partial charge on any atom is 0.407 e. The van der Waals surface area contributed by atoms with Gasteiger partial charge in [-0.15, -0.1) is 0 Å². The molecule has 0 aromatic carbocycles. The summed E-state index contributed by atoms with van der Waals surface area (Å²) < 4.78 is 41.9. The van der Waals surface area contributed by atoms with Crippen LogP contribution >= 0.6 is 0 Å². The maximum absolute atomic E-state index is 12.3. The zero-order chi connectivity index (χ0) is 17.5. The number of nitrogens with one attached hydrogen (secondary N) is 2. The average molecular weight is 334 g/mol. The molecule has 1 heterocycles. The van der Waals surface area contributed by atoms with Gasteiger partial charge in [0.2, 0.25) is 0 Å². The second-order valence-corrected chi connectivity index (χ2v) is 5.90. The van der Waals surface area contributed by atoms with E-state index in [2.05, 4.69) is 20.6 Å².